The summed E-state index contributed by atoms with van der Waals surface area (Å²) in [7, 11) is -3.30. The Morgan fingerprint density at radius 2 is 2.12 bits per heavy atom. The van der Waals surface area contributed by atoms with E-state index >= 15 is 0 Å². The lowest BCUT2D eigenvalue weighted by molar-refractivity contribution is 0.227. The van der Waals surface area contributed by atoms with Gasteiger partial charge in [-0.1, -0.05) is 32.8 Å². The molecule has 0 aromatic carbocycles. The van der Waals surface area contributed by atoms with E-state index in [2.05, 4.69) is 18.6 Å². The Balaban J connectivity index is 2.11. The molecular formula is C12H19NO2S2. The van der Waals surface area contributed by atoms with E-state index in [0.717, 1.165) is 12.8 Å². The maximum atomic E-state index is 12.1. The van der Waals surface area contributed by atoms with Crippen LogP contribution in [0, 0.1) is 11.8 Å². The Labute approximate surface area is 107 Å². The zero-order valence-electron chi connectivity index (χ0n) is 10.2. The number of rotatable bonds is 3. The second kappa shape index (κ2) is 5.08. The fourth-order valence-corrected chi connectivity index (χ4v) is 4.79. The van der Waals surface area contributed by atoms with Crippen molar-refractivity contribution in [3.63, 3.8) is 0 Å². The highest BCUT2D eigenvalue weighted by molar-refractivity contribution is 7.91. The summed E-state index contributed by atoms with van der Waals surface area (Å²) in [6, 6.07) is 3.52. The highest BCUT2D eigenvalue weighted by atomic mass is 32.2. The molecule has 3 atom stereocenters. The Morgan fingerprint density at radius 1 is 1.35 bits per heavy atom. The minimum absolute atomic E-state index is 0.0887. The predicted molar refractivity (Wildman–Crippen MR) is 70.6 cm³/mol. The molecule has 0 aliphatic heterocycles. The van der Waals surface area contributed by atoms with Crippen LogP contribution in [-0.2, 0) is 10.0 Å². The molecule has 1 aliphatic rings. The molecule has 96 valence electrons. The lowest BCUT2D eigenvalue weighted by atomic mass is 9.78. The third-order valence-corrected chi connectivity index (χ3v) is 6.66. The molecule has 0 bridgehead atoms. The van der Waals surface area contributed by atoms with Gasteiger partial charge in [0.05, 0.1) is 0 Å². The monoisotopic (exact) mass is 273 g/mol. The fourth-order valence-electron chi connectivity index (χ4n) is 2.42. The van der Waals surface area contributed by atoms with Gasteiger partial charge in [0.15, 0.2) is 0 Å². The van der Waals surface area contributed by atoms with Gasteiger partial charge in [-0.25, -0.2) is 13.1 Å². The molecule has 3 nitrogen and oxygen atoms in total. The number of hydrogen-bond donors (Lipinski definition) is 1. The second-order valence-corrected chi connectivity index (χ2v) is 7.82. The third-order valence-electron chi connectivity index (χ3n) is 3.77. The van der Waals surface area contributed by atoms with E-state index in [0.29, 0.717) is 16.0 Å². The molecule has 3 unspecified atom stereocenters. The number of nitrogens with one attached hydrogen (secondary N) is 1. The SMILES string of the molecule is CC1CCCC(NS(=O)(=O)c2cccs2)C1C. The lowest BCUT2D eigenvalue weighted by Crippen LogP contribution is -2.43. The van der Waals surface area contributed by atoms with E-state index in [-0.39, 0.29) is 6.04 Å². The molecule has 1 fully saturated rings. The first-order valence-electron chi connectivity index (χ1n) is 6.06. The molecular weight excluding hydrogens is 254 g/mol. The third kappa shape index (κ3) is 2.89. The van der Waals surface area contributed by atoms with Crippen LogP contribution in [0.2, 0.25) is 0 Å². The molecule has 1 saturated carbocycles. The summed E-state index contributed by atoms with van der Waals surface area (Å²) in [5.41, 5.74) is 0. The largest absolute Gasteiger partial charge is 0.250 e. The molecule has 1 aromatic rings. The zero-order chi connectivity index (χ0) is 12.5. The summed E-state index contributed by atoms with van der Waals surface area (Å²) in [6.45, 7) is 4.35. The van der Waals surface area contributed by atoms with Crippen LogP contribution in [0.4, 0.5) is 0 Å². The van der Waals surface area contributed by atoms with Gasteiger partial charge in [-0.15, -0.1) is 11.3 Å². The molecule has 1 N–H and O–H groups in total. The van der Waals surface area contributed by atoms with E-state index in [1.54, 1.807) is 17.5 Å². The molecule has 0 amide bonds. The second-order valence-electron chi connectivity index (χ2n) is 4.93. The van der Waals surface area contributed by atoms with Gasteiger partial charge in [0, 0.05) is 6.04 Å². The number of thiophene rings is 1. The molecule has 1 aliphatic carbocycles. The minimum atomic E-state index is -3.30. The van der Waals surface area contributed by atoms with E-state index < -0.39 is 10.0 Å². The minimum Gasteiger partial charge on any atom is -0.207 e. The molecule has 1 aromatic heterocycles. The molecule has 1 heterocycles. The van der Waals surface area contributed by atoms with Gasteiger partial charge in [-0.05, 0) is 29.7 Å². The van der Waals surface area contributed by atoms with Gasteiger partial charge in [0.25, 0.3) is 0 Å². The highest BCUT2D eigenvalue weighted by Crippen LogP contribution is 2.30. The van der Waals surface area contributed by atoms with Gasteiger partial charge in [0.2, 0.25) is 10.0 Å². The van der Waals surface area contributed by atoms with Gasteiger partial charge >= 0.3 is 0 Å². The molecule has 0 spiro atoms. The summed E-state index contributed by atoms with van der Waals surface area (Å²) in [5.74, 6) is 1.01. The van der Waals surface area contributed by atoms with Gasteiger partial charge in [0.1, 0.15) is 4.21 Å². The van der Waals surface area contributed by atoms with Gasteiger partial charge in [-0.2, -0.15) is 0 Å². The van der Waals surface area contributed by atoms with Crippen LogP contribution in [0.5, 0.6) is 0 Å². The zero-order valence-corrected chi connectivity index (χ0v) is 11.9. The maximum Gasteiger partial charge on any atom is 0.250 e. The highest BCUT2D eigenvalue weighted by Gasteiger charge is 2.30. The standard InChI is InChI=1S/C12H19NO2S2/c1-9-5-3-6-11(10(9)2)13-17(14,15)12-7-4-8-16-12/h4,7-11,13H,3,5-6H2,1-2H3. The van der Waals surface area contributed by atoms with Crippen LogP contribution in [-0.4, -0.2) is 14.5 Å². The Morgan fingerprint density at radius 3 is 2.76 bits per heavy atom. The van der Waals surface area contributed by atoms with Crippen molar-refractivity contribution in [1.82, 2.24) is 4.72 Å². The first-order valence-corrected chi connectivity index (χ1v) is 8.43. The summed E-state index contributed by atoms with van der Waals surface area (Å²) in [6.07, 6.45) is 3.28. The van der Waals surface area contributed by atoms with Crippen LogP contribution >= 0.6 is 11.3 Å². The van der Waals surface area contributed by atoms with Crippen LogP contribution in [0.1, 0.15) is 33.1 Å². The lowest BCUT2D eigenvalue weighted by Gasteiger charge is -2.34. The number of sulfonamides is 1. The van der Waals surface area contributed by atoms with Crippen molar-refractivity contribution in [2.75, 3.05) is 0 Å². The van der Waals surface area contributed by atoms with Crippen molar-refractivity contribution in [2.45, 2.75) is 43.4 Å². The molecule has 17 heavy (non-hydrogen) atoms. The normalized spacial score (nSPS) is 30.4. The summed E-state index contributed by atoms with van der Waals surface area (Å²) < 4.78 is 27.5. The smallest absolute Gasteiger partial charge is 0.207 e. The quantitative estimate of drug-likeness (QED) is 0.920. The van der Waals surface area contributed by atoms with Crippen LogP contribution in [0.3, 0.4) is 0 Å². The molecule has 0 radical (unpaired) electrons. The summed E-state index contributed by atoms with van der Waals surface area (Å²) in [4.78, 5) is 0. The van der Waals surface area contributed by atoms with Crippen molar-refractivity contribution in [2.24, 2.45) is 11.8 Å². The predicted octanol–water partition coefficient (Wildman–Crippen LogP) is 2.85. The van der Waals surface area contributed by atoms with Crippen molar-refractivity contribution in [1.29, 1.82) is 0 Å². The van der Waals surface area contributed by atoms with Crippen LogP contribution in [0.15, 0.2) is 21.7 Å². The average Bonchev–Trinajstić information content (AvgIpc) is 2.78. The van der Waals surface area contributed by atoms with E-state index in [4.69, 9.17) is 0 Å². The molecule has 5 heteroatoms. The number of hydrogen-bond acceptors (Lipinski definition) is 3. The van der Waals surface area contributed by atoms with Crippen molar-refractivity contribution >= 4 is 21.4 Å². The first-order chi connectivity index (χ1) is 8.00. The van der Waals surface area contributed by atoms with E-state index in [1.807, 2.05) is 0 Å². The van der Waals surface area contributed by atoms with Crippen LogP contribution < -0.4 is 4.72 Å². The van der Waals surface area contributed by atoms with Crippen molar-refractivity contribution < 1.29 is 8.42 Å². The fraction of sp³-hybridized carbons (Fsp3) is 0.667. The van der Waals surface area contributed by atoms with Gasteiger partial charge in [-0.3, -0.25) is 0 Å². The van der Waals surface area contributed by atoms with Crippen LogP contribution in [0.25, 0.3) is 0 Å². The summed E-state index contributed by atoms with van der Waals surface area (Å²) >= 11 is 1.27. The van der Waals surface area contributed by atoms with Gasteiger partial charge < -0.3 is 0 Å². The molecule has 0 saturated heterocycles. The maximum absolute atomic E-state index is 12.1. The van der Waals surface area contributed by atoms with Crippen molar-refractivity contribution in [3.8, 4) is 0 Å². The topological polar surface area (TPSA) is 46.2 Å². The first kappa shape index (κ1) is 13.1. The Bertz CT molecular complexity index is 453. The average molecular weight is 273 g/mol. The molecule has 2 rings (SSSR count). The van der Waals surface area contributed by atoms with Crippen molar-refractivity contribution in [3.05, 3.63) is 17.5 Å². The Hall–Kier alpha value is -0.390. The Kier molecular flexibility index (Phi) is 3.90. The van der Waals surface area contributed by atoms with E-state index in [9.17, 15) is 8.42 Å². The summed E-state index contributed by atoms with van der Waals surface area (Å²) in [5, 5.41) is 1.79. The van der Waals surface area contributed by atoms with E-state index in [1.165, 1.54) is 17.8 Å².